The standard InChI is InChI=1S/C8H11O3/c9-6-4-2-1-3-5-7(10)8(6)11/h2-4,7-8,10-11H,1,5H2. The van der Waals surface area contributed by atoms with Gasteiger partial charge in [0.15, 0.2) is 5.78 Å². The third kappa shape index (κ3) is 2.13. The second kappa shape index (κ2) is 3.64. The summed E-state index contributed by atoms with van der Waals surface area (Å²) in [6.07, 6.45) is 3.68. The van der Waals surface area contributed by atoms with E-state index in [2.05, 4.69) is 0 Å². The average molecular weight is 155 g/mol. The van der Waals surface area contributed by atoms with Crippen molar-refractivity contribution < 1.29 is 15.0 Å². The summed E-state index contributed by atoms with van der Waals surface area (Å²) < 4.78 is 0. The smallest absolute Gasteiger partial charge is 0.186 e. The maximum Gasteiger partial charge on any atom is 0.186 e. The second-order valence-electron chi connectivity index (χ2n) is 2.58. The molecular formula is C8H11O3. The fourth-order valence-electron chi connectivity index (χ4n) is 0.965. The lowest BCUT2D eigenvalue weighted by Gasteiger charge is -2.16. The molecule has 2 atom stereocenters. The van der Waals surface area contributed by atoms with E-state index in [9.17, 15) is 4.79 Å². The van der Waals surface area contributed by atoms with Crippen LogP contribution in [-0.2, 0) is 4.79 Å². The van der Waals surface area contributed by atoms with Crippen molar-refractivity contribution >= 4 is 5.78 Å². The lowest BCUT2D eigenvalue weighted by molar-refractivity contribution is -0.127. The van der Waals surface area contributed by atoms with Crippen LogP contribution in [0.25, 0.3) is 0 Å². The molecule has 11 heavy (non-hydrogen) atoms. The van der Waals surface area contributed by atoms with Gasteiger partial charge in [0, 0.05) is 0 Å². The molecule has 0 aliphatic heterocycles. The third-order valence-electron chi connectivity index (χ3n) is 1.65. The van der Waals surface area contributed by atoms with Crippen LogP contribution in [-0.4, -0.2) is 28.2 Å². The van der Waals surface area contributed by atoms with Crippen LogP contribution in [0, 0.1) is 6.42 Å². The largest absolute Gasteiger partial charge is 0.390 e. The first-order chi connectivity index (χ1) is 5.22. The number of aliphatic hydroxyl groups is 2. The van der Waals surface area contributed by atoms with E-state index < -0.39 is 18.0 Å². The number of hydrogen-bond acceptors (Lipinski definition) is 3. The Bertz CT molecular complexity index is 174. The van der Waals surface area contributed by atoms with Crippen molar-refractivity contribution in [1.82, 2.24) is 0 Å². The zero-order valence-electron chi connectivity index (χ0n) is 6.10. The lowest BCUT2D eigenvalue weighted by Crippen LogP contribution is -2.33. The highest BCUT2D eigenvalue weighted by atomic mass is 16.3. The quantitative estimate of drug-likeness (QED) is 0.510. The molecule has 0 aromatic heterocycles. The van der Waals surface area contributed by atoms with Gasteiger partial charge < -0.3 is 10.2 Å². The molecule has 3 nitrogen and oxygen atoms in total. The van der Waals surface area contributed by atoms with Crippen LogP contribution >= 0.6 is 0 Å². The molecule has 1 rings (SSSR count). The molecule has 1 radical (unpaired) electrons. The van der Waals surface area contributed by atoms with Gasteiger partial charge in [-0.3, -0.25) is 4.79 Å². The van der Waals surface area contributed by atoms with Crippen LogP contribution in [0.5, 0.6) is 0 Å². The van der Waals surface area contributed by atoms with Gasteiger partial charge in [-0.05, 0) is 25.3 Å². The van der Waals surface area contributed by atoms with E-state index >= 15 is 0 Å². The summed E-state index contributed by atoms with van der Waals surface area (Å²) in [5, 5.41) is 18.2. The number of hydrogen-bond donors (Lipinski definition) is 2. The number of ketones is 1. The Kier molecular flexibility index (Phi) is 2.79. The molecular weight excluding hydrogens is 144 g/mol. The molecule has 0 fully saturated rings. The van der Waals surface area contributed by atoms with Gasteiger partial charge in [-0.2, -0.15) is 0 Å². The first-order valence-corrected chi connectivity index (χ1v) is 3.60. The zero-order chi connectivity index (χ0) is 8.27. The van der Waals surface area contributed by atoms with E-state index in [-0.39, 0.29) is 0 Å². The molecule has 2 N–H and O–H groups in total. The Morgan fingerprint density at radius 3 is 2.91 bits per heavy atom. The SMILES string of the molecule is O=C1C=CC[CH]CC(O)C1O. The van der Waals surface area contributed by atoms with Crippen molar-refractivity contribution in [2.24, 2.45) is 0 Å². The highest BCUT2D eigenvalue weighted by Gasteiger charge is 2.22. The second-order valence-corrected chi connectivity index (χ2v) is 2.58. The molecule has 2 unspecified atom stereocenters. The van der Waals surface area contributed by atoms with Crippen LogP contribution in [0.15, 0.2) is 12.2 Å². The Balaban J connectivity index is 2.64. The number of aliphatic hydroxyl groups excluding tert-OH is 2. The number of carbonyl (C=O) groups excluding carboxylic acids is 1. The summed E-state index contributed by atoms with van der Waals surface area (Å²) in [6, 6.07) is 0. The van der Waals surface area contributed by atoms with Gasteiger partial charge >= 0.3 is 0 Å². The number of rotatable bonds is 0. The first-order valence-electron chi connectivity index (χ1n) is 3.60. The van der Waals surface area contributed by atoms with Crippen molar-refractivity contribution in [3.8, 4) is 0 Å². The molecule has 0 aromatic carbocycles. The Hall–Kier alpha value is -0.670. The monoisotopic (exact) mass is 155 g/mol. The van der Waals surface area contributed by atoms with Crippen molar-refractivity contribution in [2.75, 3.05) is 0 Å². The van der Waals surface area contributed by atoms with Crippen molar-refractivity contribution in [1.29, 1.82) is 0 Å². The third-order valence-corrected chi connectivity index (χ3v) is 1.65. The summed E-state index contributed by atoms with van der Waals surface area (Å²) >= 11 is 0. The molecule has 0 amide bonds. The van der Waals surface area contributed by atoms with Gasteiger partial charge in [0.25, 0.3) is 0 Å². The van der Waals surface area contributed by atoms with E-state index in [1.54, 1.807) is 6.08 Å². The van der Waals surface area contributed by atoms with Crippen LogP contribution in [0.2, 0.25) is 0 Å². The molecule has 0 saturated carbocycles. The highest BCUT2D eigenvalue weighted by molar-refractivity contribution is 5.93. The molecule has 0 aromatic rings. The fraction of sp³-hybridized carbons (Fsp3) is 0.500. The molecule has 1 aliphatic rings. The predicted octanol–water partition coefficient (Wildman–Crippen LogP) is -0.168. The van der Waals surface area contributed by atoms with Gasteiger partial charge in [-0.15, -0.1) is 0 Å². The van der Waals surface area contributed by atoms with E-state index in [0.29, 0.717) is 12.8 Å². The normalized spacial score (nSPS) is 33.1. The van der Waals surface area contributed by atoms with E-state index in [1.807, 2.05) is 6.42 Å². The minimum Gasteiger partial charge on any atom is -0.390 e. The Labute approximate surface area is 65.3 Å². The molecule has 0 heterocycles. The predicted molar refractivity (Wildman–Crippen MR) is 39.7 cm³/mol. The molecule has 0 spiro atoms. The van der Waals surface area contributed by atoms with Crippen LogP contribution < -0.4 is 0 Å². The number of allylic oxidation sites excluding steroid dienone is 1. The lowest BCUT2D eigenvalue weighted by atomic mass is 10.00. The molecule has 1 aliphatic carbocycles. The maximum atomic E-state index is 10.9. The van der Waals surface area contributed by atoms with Crippen molar-refractivity contribution in [3.05, 3.63) is 18.6 Å². The van der Waals surface area contributed by atoms with Gasteiger partial charge in [0.2, 0.25) is 0 Å². The summed E-state index contributed by atoms with van der Waals surface area (Å²) in [6.45, 7) is 0. The molecule has 0 saturated heterocycles. The highest BCUT2D eigenvalue weighted by Crippen LogP contribution is 2.09. The maximum absolute atomic E-state index is 10.9. The summed E-state index contributed by atoms with van der Waals surface area (Å²) in [7, 11) is 0. The van der Waals surface area contributed by atoms with Gasteiger partial charge in [0.1, 0.15) is 6.10 Å². The van der Waals surface area contributed by atoms with Crippen LogP contribution in [0.4, 0.5) is 0 Å². The van der Waals surface area contributed by atoms with E-state index in [1.165, 1.54) is 6.08 Å². The van der Waals surface area contributed by atoms with Crippen molar-refractivity contribution in [2.45, 2.75) is 25.0 Å². The molecule has 0 bridgehead atoms. The van der Waals surface area contributed by atoms with Gasteiger partial charge in [-0.25, -0.2) is 0 Å². The summed E-state index contributed by atoms with van der Waals surface area (Å²) in [5.41, 5.74) is 0. The Morgan fingerprint density at radius 1 is 1.45 bits per heavy atom. The van der Waals surface area contributed by atoms with Crippen LogP contribution in [0.3, 0.4) is 0 Å². The van der Waals surface area contributed by atoms with E-state index in [0.717, 1.165) is 0 Å². The zero-order valence-corrected chi connectivity index (χ0v) is 6.10. The Morgan fingerprint density at radius 2 is 2.18 bits per heavy atom. The fourth-order valence-corrected chi connectivity index (χ4v) is 0.965. The van der Waals surface area contributed by atoms with Crippen molar-refractivity contribution in [3.63, 3.8) is 0 Å². The van der Waals surface area contributed by atoms with Crippen LogP contribution in [0.1, 0.15) is 12.8 Å². The summed E-state index contributed by atoms with van der Waals surface area (Å²) in [4.78, 5) is 10.9. The topological polar surface area (TPSA) is 57.5 Å². The first kappa shape index (κ1) is 8.43. The average Bonchev–Trinajstić information content (AvgIpc) is 2.00. The number of carbonyl (C=O) groups is 1. The minimum atomic E-state index is -1.25. The summed E-state index contributed by atoms with van der Waals surface area (Å²) in [5.74, 6) is -0.411. The molecule has 3 heteroatoms. The van der Waals surface area contributed by atoms with Gasteiger partial charge in [-0.1, -0.05) is 6.08 Å². The molecule has 61 valence electrons. The van der Waals surface area contributed by atoms with Gasteiger partial charge in [0.05, 0.1) is 6.10 Å². The minimum absolute atomic E-state index is 0.372. The van der Waals surface area contributed by atoms with E-state index in [4.69, 9.17) is 10.2 Å².